The van der Waals surface area contributed by atoms with Crippen molar-refractivity contribution in [1.29, 1.82) is 5.26 Å². The van der Waals surface area contributed by atoms with Gasteiger partial charge in [0.1, 0.15) is 11.6 Å². The summed E-state index contributed by atoms with van der Waals surface area (Å²) in [6.45, 7) is 1.99. The fraction of sp³-hybridized carbons (Fsp3) is 0.152. The molecule has 0 N–H and O–H groups in total. The fourth-order valence-electron chi connectivity index (χ4n) is 5.44. The zero-order chi connectivity index (χ0) is 29.4. The SMILES string of the molecule is Cc1ccc(-c2nn(-c3ccccc3)cc2/C=C2\C(=O)N(C3CCS(=O)(=O)C3)C(=O)C(C#N)=C2c2ccccc2)cc1. The predicted molar refractivity (Wildman–Crippen MR) is 160 cm³/mol. The average Bonchev–Trinajstić information content (AvgIpc) is 3.58. The van der Waals surface area contributed by atoms with Gasteiger partial charge in [-0.3, -0.25) is 14.5 Å². The Morgan fingerprint density at radius 1 is 0.905 bits per heavy atom. The van der Waals surface area contributed by atoms with E-state index in [0.29, 0.717) is 16.8 Å². The molecule has 1 saturated heterocycles. The summed E-state index contributed by atoms with van der Waals surface area (Å²) < 4.78 is 26.4. The first-order chi connectivity index (χ1) is 20.3. The number of rotatable bonds is 5. The largest absolute Gasteiger partial charge is 0.272 e. The number of benzene rings is 3. The molecule has 0 radical (unpaired) electrons. The Morgan fingerprint density at radius 2 is 1.57 bits per heavy atom. The second-order valence-electron chi connectivity index (χ2n) is 10.4. The molecule has 3 heterocycles. The molecule has 0 spiro atoms. The number of aromatic nitrogens is 2. The van der Waals surface area contributed by atoms with Crippen LogP contribution in [0, 0.1) is 18.3 Å². The zero-order valence-corrected chi connectivity index (χ0v) is 23.6. The van der Waals surface area contributed by atoms with Crippen LogP contribution < -0.4 is 0 Å². The molecule has 0 aliphatic carbocycles. The van der Waals surface area contributed by atoms with Gasteiger partial charge in [0.2, 0.25) is 0 Å². The first kappa shape index (κ1) is 27.1. The summed E-state index contributed by atoms with van der Waals surface area (Å²) in [6.07, 6.45) is 3.60. The molecule has 8 nitrogen and oxygen atoms in total. The van der Waals surface area contributed by atoms with E-state index in [2.05, 4.69) is 0 Å². The van der Waals surface area contributed by atoms with Gasteiger partial charge in [-0.25, -0.2) is 13.1 Å². The number of para-hydroxylation sites is 1. The molecular weight excluding hydrogens is 548 g/mol. The van der Waals surface area contributed by atoms with Gasteiger partial charge in [-0.05, 0) is 37.1 Å². The number of carbonyl (C=O) groups is 2. The minimum absolute atomic E-state index is 0.119. The Hall–Kier alpha value is -5.07. The first-order valence-electron chi connectivity index (χ1n) is 13.5. The van der Waals surface area contributed by atoms with Crippen LogP contribution in [0.3, 0.4) is 0 Å². The van der Waals surface area contributed by atoms with Crippen LogP contribution in [0.15, 0.2) is 102 Å². The second kappa shape index (κ2) is 10.7. The third-order valence-corrected chi connectivity index (χ3v) is 9.29. The number of imide groups is 1. The van der Waals surface area contributed by atoms with E-state index in [-0.39, 0.29) is 34.6 Å². The Morgan fingerprint density at radius 3 is 2.19 bits per heavy atom. The summed E-state index contributed by atoms with van der Waals surface area (Å²) in [6, 6.07) is 27.4. The lowest BCUT2D eigenvalue weighted by atomic mass is 9.86. The molecule has 2 amide bonds. The smallest absolute Gasteiger partial charge is 0.270 e. The van der Waals surface area contributed by atoms with Crippen molar-refractivity contribution in [3.05, 3.63) is 119 Å². The lowest BCUT2D eigenvalue weighted by Gasteiger charge is -2.32. The molecular formula is C33H26N4O4S. The van der Waals surface area contributed by atoms with Gasteiger partial charge in [0.25, 0.3) is 11.8 Å². The summed E-state index contributed by atoms with van der Waals surface area (Å²) in [7, 11) is -3.41. The lowest BCUT2D eigenvalue weighted by Crippen LogP contribution is -2.49. The second-order valence-corrected chi connectivity index (χ2v) is 12.6. The summed E-state index contributed by atoms with van der Waals surface area (Å²) in [4.78, 5) is 28.8. The average molecular weight is 575 g/mol. The monoisotopic (exact) mass is 574 g/mol. The lowest BCUT2D eigenvalue weighted by molar-refractivity contribution is -0.142. The third kappa shape index (κ3) is 4.97. The van der Waals surface area contributed by atoms with Crippen molar-refractivity contribution in [3.8, 4) is 23.0 Å². The Labute approximate surface area is 243 Å². The van der Waals surface area contributed by atoms with E-state index in [9.17, 15) is 23.3 Å². The van der Waals surface area contributed by atoms with Gasteiger partial charge in [-0.1, -0.05) is 78.4 Å². The van der Waals surface area contributed by atoms with E-state index in [4.69, 9.17) is 5.10 Å². The molecule has 208 valence electrons. The highest BCUT2D eigenvalue weighted by Crippen LogP contribution is 2.38. The number of aryl methyl sites for hydroxylation is 1. The minimum Gasteiger partial charge on any atom is -0.270 e. The number of amides is 2. The van der Waals surface area contributed by atoms with Gasteiger partial charge in [0, 0.05) is 22.9 Å². The highest BCUT2D eigenvalue weighted by atomic mass is 32.2. The topological polar surface area (TPSA) is 113 Å². The molecule has 1 atom stereocenters. The highest BCUT2D eigenvalue weighted by molar-refractivity contribution is 7.91. The molecule has 1 fully saturated rings. The van der Waals surface area contributed by atoms with Crippen LogP contribution in [0.5, 0.6) is 0 Å². The quantitative estimate of drug-likeness (QED) is 0.251. The molecule has 0 saturated carbocycles. The summed E-state index contributed by atoms with van der Waals surface area (Å²) >= 11 is 0. The molecule has 4 aromatic rings. The van der Waals surface area contributed by atoms with Gasteiger partial charge in [0.15, 0.2) is 9.84 Å². The first-order valence-corrected chi connectivity index (χ1v) is 15.3. The van der Waals surface area contributed by atoms with E-state index >= 15 is 0 Å². The number of carbonyl (C=O) groups excluding carboxylic acids is 2. The number of sulfone groups is 1. The number of hydrogen-bond donors (Lipinski definition) is 0. The van der Waals surface area contributed by atoms with Gasteiger partial charge >= 0.3 is 0 Å². The summed E-state index contributed by atoms with van der Waals surface area (Å²) in [5.41, 5.74) is 4.60. The van der Waals surface area contributed by atoms with Crippen LogP contribution in [0.2, 0.25) is 0 Å². The van der Waals surface area contributed by atoms with Crippen LogP contribution in [-0.2, 0) is 19.4 Å². The maximum absolute atomic E-state index is 14.2. The maximum Gasteiger partial charge on any atom is 0.272 e. The normalized spacial score (nSPS) is 19.4. The van der Waals surface area contributed by atoms with Crippen molar-refractivity contribution < 1.29 is 18.0 Å². The van der Waals surface area contributed by atoms with Gasteiger partial charge < -0.3 is 0 Å². The van der Waals surface area contributed by atoms with Crippen molar-refractivity contribution in [3.63, 3.8) is 0 Å². The fourth-order valence-corrected chi connectivity index (χ4v) is 7.14. The Bertz CT molecular complexity index is 1920. The summed E-state index contributed by atoms with van der Waals surface area (Å²) in [5.74, 6) is -1.86. The number of hydrogen-bond acceptors (Lipinski definition) is 6. The highest BCUT2D eigenvalue weighted by Gasteiger charge is 2.45. The molecule has 0 bridgehead atoms. The van der Waals surface area contributed by atoms with Gasteiger partial charge in [-0.2, -0.15) is 10.4 Å². The van der Waals surface area contributed by atoms with Crippen LogP contribution in [-0.4, -0.2) is 52.5 Å². The minimum atomic E-state index is -3.41. The number of nitrogens with zero attached hydrogens (tertiary/aromatic N) is 4. The molecule has 9 heteroatoms. The summed E-state index contributed by atoms with van der Waals surface area (Å²) in [5, 5.41) is 15.1. The molecule has 2 aliphatic heterocycles. The third-order valence-electron chi connectivity index (χ3n) is 7.54. The van der Waals surface area contributed by atoms with Crippen molar-refractivity contribution in [2.45, 2.75) is 19.4 Å². The standard InChI is InChI=1S/C33H26N4O4S/c1-22-12-14-24(15-13-22)31-25(20-36(35-31)26-10-6-3-7-11-26)18-28-30(23-8-4-2-5-9-23)29(19-34)33(39)37(32(28)38)27-16-17-42(40,41)21-27/h2-15,18,20,27H,16-17,21H2,1H3/b28-18-. The Balaban J connectivity index is 1.59. The molecule has 3 aromatic carbocycles. The van der Waals surface area contributed by atoms with Crippen LogP contribution in [0.1, 0.15) is 23.1 Å². The molecule has 2 aliphatic rings. The molecule has 1 unspecified atom stereocenters. The van der Waals surface area contributed by atoms with Gasteiger partial charge in [-0.15, -0.1) is 0 Å². The van der Waals surface area contributed by atoms with Crippen LogP contribution in [0.25, 0.3) is 28.6 Å². The zero-order valence-electron chi connectivity index (χ0n) is 22.8. The number of nitriles is 1. The van der Waals surface area contributed by atoms with E-state index in [1.165, 1.54) is 0 Å². The van der Waals surface area contributed by atoms with E-state index in [0.717, 1.165) is 21.7 Å². The van der Waals surface area contributed by atoms with E-state index in [1.54, 1.807) is 47.3 Å². The van der Waals surface area contributed by atoms with E-state index in [1.807, 2.05) is 67.6 Å². The van der Waals surface area contributed by atoms with Crippen LogP contribution >= 0.6 is 0 Å². The van der Waals surface area contributed by atoms with E-state index < -0.39 is 27.7 Å². The maximum atomic E-state index is 14.2. The van der Waals surface area contributed by atoms with Gasteiger partial charge in [0.05, 0.1) is 34.5 Å². The van der Waals surface area contributed by atoms with Crippen molar-refractivity contribution in [2.75, 3.05) is 11.5 Å². The predicted octanol–water partition coefficient (Wildman–Crippen LogP) is 4.76. The van der Waals surface area contributed by atoms with Crippen molar-refractivity contribution in [2.24, 2.45) is 0 Å². The van der Waals surface area contributed by atoms with Crippen molar-refractivity contribution in [1.82, 2.24) is 14.7 Å². The van der Waals surface area contributed by atoms with Crippen molar-refractivity contribution >= 4 is 33.3 Å². The van der Waals surface area contributed by atoms with Crippen LogP contribution in [0.4, 0.5) is 0 Å². The molecule has 42 heavy (non-hydrogen) atoms. The molecule has 6 rings (SSSR count). The molecule has 1 aromatic heterocycles. The Kier molecular flexibility index (Phi) is 6.93.